The van der Waals surface area contributed by atoms with Crippen molar-refractivity contribution in [3.8, 4) is 5.69 Å². The van der Waals surface area contributed by atoms with E-state index in [0.717, 1.165) is 28.2 Å². The summed E-state index contributed by atoms with van der Waals surface area (Å²) in [4.78, 5) is 19.5. The number of pyridine rings is 1. The first-order valence-corrected chi connectivity index (χ1v) is 10.6. The zero-order valence-corrected chi connectivity index (χ0v) is 18.2. The average molecular weight is 420 g/mol. The maximum absolute atomic E-state index is 13.0. The number of carbonyl (C=O) groups is 1. The van der Waals surface area contributed by atoms with Gasteiger partial charge >= 0.3 is 0 Å². The Hall–Kier alpha value is -2.70. The number of hydrogen-bond donors (Lipinski definition) is 0. The summed E-state index contributed by atoms with van der Waals surface area (Å²) in [5.74, 6) is -0.0354. The van der Waals surface area contributed by atoms with E-state index >= 15 is 0 Å². The Balaban J connectivity index is 1.62. The molecule has 0 atom stereocenters. The molecule has 146 valence electrons. The van der Waals surface area contributed by atoms with E-state index in [0.29, 0.717) is 15.8 Å². The summed E-state index contributed by atoms with van der Waals surface area (Å²) in [7, 11) is 0. The van der Waals surface area contributed by atoms with Crippen molar-refractivity contribution in [3.63, 3.8) is 0 Å². The highest BCUT2D eigenvalue weighted by Crippen LogP contribution is 2.35. The molecule has 1 saturated heterocycles. The van der Waals surface area contributed by atoms with E-state index in [4.69, 9.17) is 12.2 Å². The van der Waals surface area contributed by atoms with Crippen molar-refractivity contribution in [1.29, 1.82) is 0 Å². The molecule has 1 aliphatic rings. The van der Waals surface area contributed by atoms with Gasteiger partial charge in [-0.1, -0.05) is 53.8 Å². The van der Waals surface area contributed by atoms with Gasteiger partial charge in [0.05, 0.1) is 23.3 Å². The maximum Gasteiger partial charge on any atom is 0.266 e. The second-order valence-corrected chi connectivity index (χ2v) is 8.80. The first kappa shape index (κ1) is 19.6. The molecule has 0 saturated carbocycles. The highest BCUT2D eigenvalue weighted by Gasteiger charge is 2.32. The Morgan fingerprint density at radius 3 is 2.59 bits per heavy atom. The van der Waals surface area contributed by atoms with E-state index in [-0.39, 0.29) is 5.91 Å². The lowest BCUT2D eigenvalue weighted by Crippen LogP contribution is -2.27. The maximum atomic E-state index is 13.0. The van der Waals surface area contributed by atoms with Gasteiger partial charge < -0.3 is 4.57 Å². The summed E-state index contributed by atoms with van der Waals surface area (Å²) in [6, 6.07) is 14.2. The van der Waals surface area contributed by atoms with Crippen molar-refractivity contribution < 1.29 is 4.79 Å². The number of aryl methyl sites for hydroxylation is 2. The number of amides is 1. The van der Waals surface area contributed by atoms with Crippen LogP contribution in [0.3, 0.4) is 0 Å². The van der Waals surface area contributed by atoms with Crippen molar-refractivity contribution in [1.82, 2.24) is 14.5 Å². The van der Waals surface area contributed by atoms with Gasteiger partial charge in [0.1, 0.15) is 4.32 Å². The van der Waals surface area contributed by atoms with Crippen molar-refractivity contribution in [3.05, 3.63) is 87.8 Å². The number of rotatable bonds is 4. The smallest absolute Gasteiger partial charge is 0.266 e. The third-order valence-corrected chi connectivity index (χ3v) is 6.37. The molecule has 0 aliphatic carbocycles. The molecule has 0 bridgehead atoms. The minimum absolute atomic E-state index is 0.0354. The standard InChI is InChI=1S/C23H21N3OS2/c1-15-6-8-18(9-7-15)14-25-22(27)21(29-23(25)28)12-19-11-16(2)26(17(19)3)20-5-4-10-24-13-20/h4-13H,14H2,1-3H3/b21-12-. The minimum atomic E-state index is -0.0354. The molecule has 1 aliphatic heterocycles. The van der Waals surface area contributed by atoms with Crippen LogP contribution in [0.25, 0.3) is 11.8 Å². The molecule has 6 heteroatoms. The molecule has 4 nitrogen and oxygen atoms in total. The zero-order valence-electron chi connectivity index (χ0n) is 16.5. The van der Waals surface area contributed by atoms with Crippen LogP contribution in [-0.4, -0.2) is 24.7 Å². The average Bonchev–Trinajstić information content (AvgIpc) is 3.14. The van der Waals surface area contributed by atoms with Crippen LogP contribution in [0.4, 0.5) is 0 Å². The van der Waals surface area contributed by atoms with E-state index in [2.05, 4.69) is 41.6 Å². The minimum Gasteiger partial charge on any atom is -0.316 e. The molecular formula is C23H21N3OS2. The quantitative estimate of drug-likeness (QED) is 0.430. The van der Waals surface area contributed by atoms with Gasteiger partial charge in [-0.25, -0.2) is 0 Å². The summed E-state index contributed by atoms with van der Waals surface area (Å²) in [5.41, 5.74) is 6.46. The van der Waals surface area contributed by atoms with Gasteiger partial charge in [-0.05, 0) is 56.2 Å². The number of nitrogens with zero attached hydrogens (tertiary/aromatic N) is 3. The van der Waals surface area contributed by atoms with Gasteiger partial charge in [-0.2, -0.15) is 0 Å². The number of thioether (sulfide) groups is 1. The first-order chi connectivity index (χ1) is 13.9. The molecule has 1 aromatic carbocycles. The van der Waals surface area contributed by atoms with Gasteiger partial charge in [-0.15, -0.1) is 0 Å². The third-order valence-electron chi connectivity index (χ3n) is 5.00. The Labute approximate surface area is 180 Å². The van der Waals surface area contributed by atoms with Crippen LogP contribution in [0.2, 0.25) is 0 Å². The molecule has 0 unspecified atom stereocenters. The first-order valence-electron chi connectivity index (χ1n) is 9.34. The normalized spacial score (nSPS) is 15.6. The van der Waals surface area contributed by atoms with Crippen molar-refractivity contribution >= 4 is 40.3 Å². The van der Waals surface area contributed by atoms with Crippen LogP contribution < -0.4 is 0 Å². The lowest BCUT2D eigenvalue weighted by atomic mass is 10.1. The van der Waals surface area contributed by atoms with Gasteiger partial charge in [0.25, 0.3) is 5.91 Å². The highest BCUT2D eigenvalue weighted by molar-refractivity contribution is 8.26. The molecule has 1 fully saturated rings. The molecule has 0 spiro atoms. The Morgan fingerprint density at radius 1 is 1.14 bits per heavy atom. The van der Waals surface area contributed by atoms with Crippen LogP contribution in [0.15, 0.2) is 59.8 Å². The summed E-state index contributed by atoms with van der Waals surface area (Å²) < 4.78 is 2.74. The molecule has 29 heavy (non-hydrogen) atoms. The van der Waals surface area contributed by atoms with E-state index in [1.807, 2.05) is 43.5 Å². The van der Waals surface area contributed by atoms with E-state index < -0.39 is 0 Å². The highest BCUT2D eigenvalue weighted by atomic mass is 32.2. The summed E-state index contributed by atoms with van der Waals surface area (Å²) >= 11 is 6.86. The van der Waals surface area contributed by atoms with Gasteiger partial charge in [0.2, 0.25) is 0 Å². The fraction of sp³-hybridized carbons (Fsp3) is 0.174. The number of carbonyl (C=O) groups excluding carboxylic acids is 1. The van der Waals surface area contributed by atoms with Gasteiger partial charge in [0.15, 0.2) is 0 Å². The lowest BCUT2D eigenvalue weighted by molar-refractivity contribution is -0.122. The molecule has 3 aromatic rings. The molecular weight excluding hydrogens is 398 g/mol. The molecule has 2 aromatic heterocycles. The summed E-state index contributed by atoms with van der Waals surface area (Å²) in [6.45, 7) is 6.66. The monoisotopic (exact) mass is 419 g/mol. The number of thiocarbonyl (C=S) groups is 1. The van der Waals surface area contributed by atoms with E-state index in [1.165, 1.54) is 17.3 Å². The van der Waals surface area contributed by atoms with Crippen molar-refractivity contribution in [2.75, 3.05) is 0 Å². The molecule has 0 N–H and O–H groups in total. The second kappa shape index (κ2) is 7.97. The molecule has 3 heterocycles. The predicted octanol–water partition coefficient (Wildman–Crippen LogP) is 5.20. The largest absolute Gasteiger partial charge is 0.316 e. The Kier molecular flexibility index (Phi) is 5.39. The van der Waals surface area contributed by atoms with Crippen molar-refractivity contribution in [2.45, 2.75) is 27.3 Å². The van der Waals surface area contributed by atoms with Gasteiger partial charge in [0, 0.05) is 17.6 Å². The van der Waals surface area contributed by atoms with E-state index in [1.54, 1.807) is 11.1 Å². The van der Waals surface area contributed by atoms with Crippen LogP contribution in [0.1, 0.15) is 28.1 Å². The number of aromatic nitrogens is 2. The predicted molar refractivity (Wildman–Crippen MR) is 123 cm³/mol. The molecule has 0 radical (unpaired) electrons. The topological polar surface area (TPSA) is 38.1 Å². The molecule has 1 amide bonds. The van der Waals surface area contributed by atoms with Crippen molar-refractivity contribution in [2.24, 2.45) is 0 Å². The SMILES string of the molecule is Cc1ccc(CN2C(=O)/C(=C/c3cc(C)n(-c4cccnc4)c3C)SC2=S)cc1. The fourth-order valence-corrected chi connectivity index (χ4v) is 4.72. The van der Waals surface area contributed by atoms with Crippen LogP contribution in [0.5, 0.6) is 0 Å². The second-order valence-electron chi connectivity index (χ2n) is 7.13. The van der Waals surface area contributed by atoms with Gasteiger partial charge in [-0.3, -0.25) is 14.7 Å². The zero-order chi connectivity index (χ0) is 20.5. The number of benzene rings is 1. The van der Waals surface area contributed by atoms with Crippen LogP contribution >= 0.6 is 24.0 Å². The lowest BCUT2D eigenvalue weighted by Gasteiger charge is -2.14. The third kappa shape index (κ3) is 3.91. The summed E-state index contributed by atoms with van der Waals surface area (Å²) in [6.07, 6.45) is 5.55. The van der Waals surface area contributed by atoms with Crippen LogP contribution in [0, 0.1) is 20.8 Å². The Bertz CT molecular complexity index is 1120. The van der Waals surface area contributed by atoms with Crippen LogP contribution in [-0.2, 0) is 11.3 Å². The summed E-state index contributed by atoms with van der Waals surface area (Å²) in [5, 5.41) is 0. The molecule has 4 rings (SSSR count). The fourth-order valence-electron chi connectivity index (χ4n) is 3.47. The Morgan fingerprint density at radius 2 is 1.90 bits per heavy atom. The number of hydrogen-bond acceptors (Lipinski definition) is 4. The van der Waals surface area contributed by atoms with E-state index in [9.17, 15) is 4.79 Å².